The van der Waals surface area contributed by atoms with E-state index in [9.17, 15) is 0 Å². The molecular formula is C17H23N3O. The topological polar surface area (TPSA) is 47.0 Å². The van der Waals surface area contributed by atoms with Gasteiger partial charge in [0.2, 0.25) is 0 Å². The highest BCUT2D eigenvalue weighted by molar-refractivity contribution is 5.62. The molecule has 0 fully saturated rings. The molecule has 0 aliphatic heterocycles. The van der Waals surface area contributed by atoms with Gasteiger partial charge in [0.05, 0.1) is 12.3 Å². The molecule has 0 bridgehead atoms. The second-order valence-corrected chi connectivity index (χ2v) is 4.94. The zero-order chi connectivity index (χ0) is 15.1. The number of ether oxygens (including phenoxy) is 1. The lowest BCUT2D eigenvalue weighted by Crippen LogP contribution is -2.06. The number of hydrogen-bond donors (Lipinski definition) is 1. The van der Waals surface area contributed by atoms with Gasteiger partial charge < -0.3 is 10.1 Å². The lowest BCUT2D eigenvalue weighted by molar-refractivity contribution is 0.181. The Hall–Kier alpha value is -1.94. The molecule has 2 aromatic rings. The second-order valence-electron chi connectivity index (χ2n) is 4.94. The molecule has 1 aromatic carbocycles. The molecule has 0 aliphatic carbocycles. The van der Waals surface area contributed by atoms with Gasteiger partial charge in [0.1, 0.15) is 5.82 Å². The molecular weight excluding hydrogens is 262 g/mol. The van der Waals surface area contributed by atoms with Gasteiger partial charge in [-0.1, -0.05) is 38.1 Å². The summed E-state index contributed by atoms with van der Waals surface area (Å²) in [4.78, 5) is 9.29. The van der Waals surface area contributed by atoms with Gasteiger partial charge in [0.15, 0.2) is 5.82 Å². The van der Waals surface area contributed by atoms with Gasteiger partial charge in [-0.3, -0.25) is 0 Å². The second kappa shape index (κ2) is 7.74. The first-order valence-electron chi connectivity index (χ1n) is 7.47. The molecule has 0 unspecified atom stereocenters. The third-order valence-corrected chi connectivity index (χ3v) is 3.27. The molecule has 4 nitrogen and oxygen atoms in total. The van der Waals surface area contributed by atoms with Crippen LogP contribution in [0.4, 0.5) is 5.82 Å². The van der Waals surface area contributed by atoms with Crippen LogP contribution in [0.25, 0.3) is 11.4 Å². The number of nitrogens with one attached hydrogen (secondary N) is 1. The number of aromatic nitrogens is 2. The van der Waals surface area contributed by atoms with E-state index in [-0.39, 0.29) is 0 Å². The van der Waals surface area contributed by atoms with Gasteiger partial charge in [-0.25, -0.2) is 9.97 Å². The summed E-state index contributed by atoms with van der Waals surface area (Å²) in [5, 5.41) is 3.33. The molecule has 1 N–H and O–H groups in total. The highest BCUT2D eigenvalue weighted by atomic mass is 16.5. The number of methoxy groups -OCH3 is 1. The van der Waals surface area contributed by atoms with Crippen molar-refractivity contribution in [2.75, 3.05) is 19.0 Å². The van der Waals surface area contributed by atoms with E-state index in [4.69, 9.17) is 4.74 Å². The minimum absolute atomic E-state index is 0.491. The van der Waals surface area contributed by atoms with Gasteiger partial charge in [-0.15, -0.1) is 0 Å². The van der Waals surface area contributed by atoms with Gasteiger partial charge >= 0.3 is 0 Å². The van der Waals surface area contributed by atoms with E-state index < -0.39 is 0 Å². The maximum absolute atomic E-state index is 5.22. The SMILES string of the molecule is CCCNc1cc(COC)nc(-c2ccccc2CC)n1. The van der Waals surface area contributed by atoms with E-state index in [1.54, 1.807) is 7.11 Å². The Bertz CT molecular complexity index is 584. The highest BCUT2D eigenvalue weighted by Gasteiger charge is 2.09. The van der Waals surface area contributed by atoms with Crippen LogP contribution in [0, 0.1) is 0 Å². The molecule has 0 aliphatic rings. The number of benzene rings is 1. The maximum Gasteiger partial charge on any atom is 0.162 e. The molecule has 21 heavy (non-hydrogen) atoms. The van der Waals surface area contributed by atoms with Crippen LogP contribution in [0.3, 0.4) is 0 Å². The molecule has 0 spiro atoms. The van der Waals surface area contributed by atoms with Crippen molar-refractivity contribution >= 4 is 5.82 Å². The van der Waals surface area contributed by atoms with Crippen molar-refractivity contribution < 1.29 is 4.74 Å². The summed E-state index contributed by atoms with van der Waals surface area (Å²) >= 11 is 0. The van der Waals surface area contributed by atoms with Gasteiger partial charge in [0, 0.05) is 25.3 Å². The summed E-state index contributed by atoms with van der Waals surface area (Å²) in [5.74, 6) is 1.63. The van der Waals surface area contributed by atoms with Crippen LogP contribution in [0.1, 0.15) is 31.5 Å². The minimum atomic E-state index is 0.491. The fraction of sp³-hybridized carbons (Fsp3) is 0.412. The average molecular weight is 285 g/mol. The van der Waals surface area contributed by atoms with Crippen molar-refractivity contribution in [1.29, 1.82) is 0 Å². The molecule has 0 amide bonds. The van der Waals surface area contributed by atoms with Gasteiger partial charge in [-0.2, -0.15) is 0 Å². The molecule has 4 heteroatoms. The van der Waals surface area contributed by atoms with Gasteiger partial charge in [0.25, 0.3) is 0 Å². The molecule has 112 valence electrons. The Labute approximate surface area is 126 Å². The molecule has 1 heterocycles. The summed E-state index contributed by atoms with van der Waals surface area (Å²) in [6, 6.07) is 10.2. The van der Waals surface area contributed by atoms with E-state index in [1.807, 2.05) is 12.1 Å². The first-order chi connectivity index (χ1) is 10.3. The number of hydrogen-bond acceptors (Lipinski definition) is 4. The van der Waals surface area contributed by atoms with Gasteiger partial charge in [-0.05, 0) is 18.4 Å². The summed E-state index contributed by atoms with van der Waals surface area (Å²) in [6.45, 7) is 5.68. The van der Waals surface area contributed by atoms with E-state index in [2.05, 4.69) is 47.3 Å². The predicted molar refractivity (Wildman–Crippen MR) is 86.3 cm³/mol. The van der Waals surface area contributed by atoms with E-state index >= 15 is 0 Å². The highest BCUT2D eigenvalue weighted by Crippen LogP contribution is 2.23. The largest absolute Gasteiger partial charge is 0.378 e. The van der Waals surface area contributed by atoms with Crippen LogP contribution in [-0.2, 0) is 17.8 Å². The summed E-state index contributed by atoms with van der Waals surface area (Å²) in [7, 11) is 1.68. The predicted octanol–water partition coefficient (Wildman–Crippen LogP) is 3.67. The Morgan fingerprint density at radius 3 is 2.67 bits per heavy atom. The van der Waals surface area contributed by atoms with E-state index in [0.29, 0.717) is 6.61 Å². The summed E-state index contributed by atoms with van der Waals surface area (Å²) < 4.78 is 5.22. The molecule has 0 saturated heterocycles. The number of rotatable bonds is 7. The minimum Gasteiger partial charge on any atom is -0.378 e. The first kappa shape index (κ1) is 15.4. The van der Waals surface area contributed by atoms with Crippen molar-refractivity contribution in [2.45, 2.75) is 33.3 Å². The van der Waals surface area contributed by atoms with Crippen molar-refractivity contribution in [3.05, 3.63) is 41.6 Å². The Balaban J connectivity index is 2.43. The molecule has 1 aromatic heterocycles. The molecule has 0 saturated carbocycles. The monoisotopic (exact) mass is 285 g/mol. The van der Waals surface area contributed by atoms with Crippen LogP contribution >= 0.6 is 0 Å². The lowest BCUT2D eigenvalue weighted by Gasteiger charge is -2.11. The Morgan fingerprint density at radius 1 is 1.14 bits per heavy atom. The zero-order valence-corrected chi connectivity index (χ0v) is 13.0. The fourth-order valence-electron chi connectivity index (χ4n) is 2.23. The molecule has 0 radical (unpaired) electrons. The molecule has 0 atom stereocenters. The van der Waals surface area contributed by atoms with Crippen LogP contribution in [0.2, 0.25) is 0 Å². The fourth-order valence-corrected chi connectivity index (χ4v) is 2.23. The van der Waals surface area contributed by atoms with Crippen LogP contribution in [0.15, 0.2) is 30.3 Å². The summed E-state index contributed by atoms with van der Waals surface area (Å²) in [6.07, 6.45) is 2.02. The van der Waals surface area contributed by atoms with Crippen molar-refractivity contribution in [3.8, 4) is 11.4 Å². The first-order valence-corrected chi connectivity index (χ1v) is 7.47. The van der Waals surface area contributed by atoms with E-state index in [1.165, 1.54) is 5.56 Å². The van der Waals surface area contributed by atoms with Crippen LogP contribution in [0.5, 0.6) is 0 Å². The van der Waals surface area contributed by atoms with E-state index in [0.717, 1.165) is 42.3 Å². The third-order valence-electron chi connectivity index (χ3n) is 3.27. The smallest absolute Gasteiger partial charge is 0.162 e. The maximum atomic E-state index is 5.22. The van der Waals surface area contributed by atoms with Crippen molar-refractivity contribution in [3.63, 3.8) is 0 Å². The molecule has 2 rings (SSSR count). The van der Waals surface area contributed by atoms with Crippen molar-refractivity contribution in [1.82, 2.24) is 9.97 Å². The van der Waals surface area contributed by atoms with Crippen LogP contribution < -0.4 is 5.32 Å². The summed E-state index contributed by atoms with van der Waals surface area (Å²) in [5.41, 5.74) is 3.25. The average Bonchev–Trinajstić information content (AvgIpc) is 2.53. The van der Waals surface area contributed by atoms with Crippen molar-refractivity contribution in [2.24, 2.45) is 0 Å². The van der Waals surface area contributed by atoms with Crippen LogP contribution in [-0.4, -0.2) is 23.6 Å². The zero-order valence-electron chi connectivity index (χ0n) is 13.0. The number of aryl methyl sites for hydroxylation is 1. The Kier molecular flexibility index (Phi) is 5.69. The quantitative estimate of drug-likeness (QED) is 0.843. The number of anilines is 1. The Morgan fingerprint density at radius 2 is 1.95 bits per heavy atom. The number of nitrogens with zero attached hydrogens (tertiary/aromatic N) is 2. The third kappa shape index (κ3) is 4.02. The lowest BCUT2D eigenvalue weighted by atomic mass is 10.0. The normalized spacial score (nSPS) is 10.6. The standard InChI is InChI=1S/C17H23N3O/c1-4-10-18-16-11-14(12-21-3)19-17(20-16)15-9-7-6-8-13(15)5-2/h6-9,11H,4-5,10,12H2,1-3H3,(H,18,19,20).